The number of benzene rings is 2. The van der Waals surface area contributed by atoms with Crippen molar-refractivity contribution in [2.75, 3.05) is 7.05 Å². The molecule has 1 fully saturated rings. The Labute approximate surface area is 179 Å². The van der Waals surface area contributed by atoms with Crippen molar-refractivity contribution in [1.29, 1.82) is 0 Å². The van der Waals surface area contributed by atoms with E-state index in [9.17, 15) is 26.8 Å². The van der Waals surface area contributed by atoms with E-state index in [1.165, 1.54) is 25.2 Å². The van der Waals surface area contributed by atoms with Gasteiger partial charge in [-0.1, -0.05) is 18.2 Å². The van der Waals surface area contributed by atoms with Crippen LogP contribution in [-0.4, -0.2) is 33.3 Å². The lowest BCUT2D eigenvalue weighted by atomic mass is 10.0. The van der Waals surface area contributed by atoms with Gasteiger partial charge >= 0.3 is 0 Å². The average molecular weight is 451 g/mol. The van der Waals surface area contributed by atoms with Crippen LogP contribution in [0.4, 0.5) is 8.78 Å². The summed E-state index contributed by atoms with van der Waals surface area (Å²) in [5.41, 5.74) is 0.856. The first kappa shape index (κ1) is 22.8. The van der Waals surface area contributed by atoms with Gasteiger partial charge in [0.05, 0.1) is 4.90 Å². The van der Waals surface area contributed by atoms with Gasteiger partial charge in [0.2, 0.25) is 21.8 Å². The van der Waals surface area contributed by atoms with Crippen LogP contribution in [0.5, 0.6) is 0 Å². The number of halogens is 2. The van der Waals surface area contributed by atoms with Crippen LogP contribution in [-0.2, 0) is 26.0 Å². The molecular weight excluding hydrogens is 428 g/mol. The van der Waals surface area contributed by atoms with E-state index in [2.05, 4.69) is 15.4 Å². The minimum atomic E-state index is -3.54. The maximum absolute atomic E-state index is 13.5. The minimum Gasteiger partial charge on any atom is -0.357 e. The first-order valence-corrected chi connectivity index (χ1v) is 11.2. The zero-order chi connectivity index (χ0) is 22.6. The molecule has 0 saturated heterocycles. The van der Waals surface area contributed by atoms with Crippen molar-refractivity contribution in [3.8, 4) is 0 Å². The highest BCUT2D eigenvalue weighted by molar-refractivity contribution is 7.89. The fraction of sp³-hybridized carbons (Fsp3) is 0.333. The van der Waals surface area contributed by atoms with Crippen LogP contribution in [0, 0.1) is 11.6 Å². The molecule has 2 amide bonds. The highest BCUT2D eigenvalue weighted by Gasteiger charge is 2.28. The van der Waals surface area contributed by atoms with E-state index in [4.69, 9.17) is 0 Å². The summed E-state index contributed by atoms with van der Waals surface area (Å²) in [6, 6.07) is 8.03. The van der Waals surface area contributed by atoms with Crippen molar-refractivity contribution < 1.29 is 26.8 Å². The molecule has 3 rings (SSSR count). The second-order valence-corrected chi connectivity index (χ2v) is 9.04. The summed E-state index contributed by atoms with van der Waals surface area (Å²) in [7, 11) is -2.17. The molecule has 0 radical (unpaired) electrons. The van der Waals surface area contributed by atoms with Gasteiger partial charge in [-0.05, 0) is 54.7 Å². The number of hydrogen-bond acceptors (Lipinski definition) is 4. The maximum atomic E-state index is 13.5. The SMILES string of the molecule is CNC(=O)C(NC(=O)CCc1ccc(S(=O)(=O)NC2CC2)cc1)c1ccc(F)c(F)c1. The quantitative estimate of drug-likeness (QED) is 0.542. The third kappa shape index (κ3) is 6.08. The molecule has 1 atom stereocenters. The number of aryl methyl sites for hydroxylation is 1. The minimum absolute atomic E-state index is 0.0104. The van der Waals surface area contributed by atoms with Crippen LogP contribution in [0.15, 0.2) is 47.4 Å². The van der Waals surface area contributed by atoms with Crippen molar-refractivity contribution >= 4 is 21.8 Å². The maximum Gasteiger partial charge on any atom is 0.246 e. The van der Waals surface area contributed by atoms with Crippen LogP contribution in [0.2, 0.25) is 0 Å². The molecule has 1 aliphatic carbocycles. The summed E-state index contributed by atoms with van der Waals surface area (Å²) in [5.74, 6) is -3.21. The predicted octanol–water partition coefficient (Wildman–Crippen LogP) is 1.94. The topological polar surface area (TPSA) is 104 Å². The summed E-state index contributed by atoms with van der Waals surface area (Å²) in [6.07, 6.45) is 2.01. The van der Waals surface area contributed by atoms with Gasteiger partial charge in [-0.2, -0.15) is 0 Å². The normalized spacial score (nSPS) is 14.7. The number of rotatable bonds is 9. The van der Waals surface area contributed by atoms with E-state index in [1.54, 1.807) is 12.1 Å². The number of carbonyl (C=O) groups excluding carboxylic acids is 2. The van der Waals surface area contributed by atoms with Crippen molar-refractivity contribution in [3.63, 3.8) is 0 Å². The Balaban J connectivity index is 1.60. The summed E-state index contributed by atoms with van der Waals surface area (Å²) < 4.78 is 53.7. The second-order valence-electron chi connectivity index (χ2n) is 7.33. The van der Waals surface area contributed by atoms with Crippen molar-refractivity contribution in [2.45, 2.75) is 42.7 Å². The molecule has 1 saturated carbocycles. The molecule has 0 aliphatic heterocycles. The van der Waals surface area contributed by atoms with Crippen molar-refractivity contribution in [1.82, 2.24) is 15.4 Å². The molecule has 31 heavy (non-hydrogen) atoms. The lowest BCUT2D eigenvalue weighted by molar-refractivity contribution is -0.128. The van der Waals surface area contributed by atoms with Gasteiger partial charge in [-0.15, -0.1) is 0 Å². The lowest BCUT2D eigenvalue weighted by Crippen LogP contribution is -2.39. The van der Waals surface area contributed by atoms with Crippen LogP contribution < -0.4 is 15.4 Å². The zero-order valence-electron chi connectivity index (χ0n) is 16.8. The third-order valence-electron chi connectivity index (χ3n) is 4.86. The molecule has 1 unspecified atom stereocenters. The molecule has 2 aromatic rings. The highest BCUT2D eigenvalue weighted by Crippen LogP contribution is 2.22. The summed E-state index contributed by atoms with van der Waals surface area (Å²) >= 11 is 0. The summed E-state index contributed by atoms with van der Waals surface area (Å²) in [6.45, 7) is 0. The van der Waals surface area contributed by atoms with Crippen LogP contribution in [0.25, 0.3) is 0 Å². The largest absolute Gasteiger partial charge is 0.357 e. The van der Waals surface area contributed by atoms with Gasteiger partial charge in [0.15, 0.2) is 11.6 Å². The fourth-order valence-corrected chi connectivity index (χ4v) is 4.26. The first-order valence-electron chi connectivity index (χ1n) is 9.77. The number of nitrogens with one attached hydrogen (secondary N) is 3. The molecule has 1 aliphatic rings. The Hall–Kier alpha value is -2.85. The van der Waals surface area contributed by atoms with E-state index >= 15 is 0 Å². The van der Waals surface area contributed by atoms with Gasteiger partial charge in [0.25, 0.3) is 0 Å². The van der Waals surface area contributed by atoms with Gasteiger partial charge in [0, 0.05) is 19.5 Å². The Kier molecular flexibility index (Phi) is 7.01. The molecule has 2 aromatic carbocycles. The Morgan fingerprint density at radius 3 is 2.32 bits per heavy atom. The lowest BCUT2D eigenvalue weighted by Gasteiger charge is -2.18. The van der Waals surface area contributed by atoms with Crippen molar-refractivity contribution in [2.24, 2.45) is 0 Å². The van der Waals surface area contributed by atoms with E-state index in [-0.39, 0.29) is 22.9 Å². The number of amides is 2. The molecule has 3 N–H and O–H groups in total. The Morgan fingerprint density at radius 1 is 1.06 bits per heavy atom. The highest BCUT2D eigenvalue weighted by atomic mass is 32.2. The van der Waals surface area contributed by atoms with Crippen molar-refractivity contribution in [3.05, 3.63) is 65.2 Å². The third-order valence-corrected chi connectivity index (χ3v) is 6.40. The van der Waals surface area contributed by atoms with Crippen LogP contribution in [0.1, 0.15) is 36.4 Å². The van der Waals surface area contributed by atoms with Gasteiger partial charge in [0.1, 0.15) is 6.04 Å². The number of carbonyl (C=O) groups is 2. The van der Waals surface area contributed by atoms with Gasteiger partial charge < -0.3 is 10.6 Å². The Morgan fingerprint density at radius 2 is 1.74 bits per heavy atom. The smallest absolute Gasteiger partial charge is 0.246 e. The van der Waals surface area contributed by atoms with Gasteiger partial charge in [-0.25, -0.2) is 21.9 Å². The second kappa shape index (κ2) is 9.52. The van der Waals surface area contributed by atoms with E-state index < -0.39 is 39.5 Å². The summed E-state index contributed by atoms with van der Waals surface area (Å²) in [4.78, 5) is 24.6. The predicted molar refractivity (Wildman–Crippen MR) is 109 cm³/mol. The van der Waals surface area contributed by atoms with E-state index in [1.807, 2.05) is 0 Å². The zero-order valence-corrected chi connectivity index (χ0v) is 17.6. The van der Waals surface area contributed by atoms with E-state index in [0.717, 1.165) is 30.5 Å². The first-order chi connectivity index (χ1) is 14.7. The molecule has 166 valence electrons. The monoisotopic (exact) mass is 451 g/mol. The van der Waals surface area contributed by atoms with E-state index in [0.29, 0.717) is 6.42 Å². The molecule has 10 heteroatoms. The standard InChI is InChI=1S/C21H23F2N3O4S/c1-24-21(28)20(14-5-10-17(22)18(23)12-14)25-19(27)11-4-13-2-8-16(9-3-13)31(29,30)26-15-6-7-15/h2-3,5,8-10,12,15,20,26H,4,6-7,11H2,1H3,(H,24,28)(H,25,27). The molecule has 0 aromatic heterocycles. The number of sulfonamides is 1. The molecular formula is C21H23F2N3O4S. The number of likely N-dealkylation sites (N-methyl/N-ethyl adjacent to an activating group) is 1. The summed E-state index contributed by atoms with van der Waals surface area (Å²) in [5, 5.41) is 4.90. The van der Waals surface area contributed by atoms with Crippen LogP contribution >= 0.6 is 0 Å². The Bertz CT molecular complexity index is 1070. The van der Waals surface area contributed by atoms with Crippen LogP contribution in [0.3, 0.4) is 0 Å². The number of hydrogen-bond donors (Lipinski definition) is 3. The van der Waals surface area contributed by atoms with Gasteiger partial charge in [-0.3, -0.25) is 9.59 Å². The molecule has 0 heterocycles. The average Bonchev–Trinajstić information content (AvgIpc) is 3.55. The molecule has 0 spiro atoms. The molecule has 0 bridgehead atoms. The fourth-order valence-electron chi connectivity index (χ4n) is 2.95. The molecule has 7 nitrogen and oxygen atoms in total.